The predicted octanol–water partition coefficient (Wildman–Crippen LogP) is 2.82. The number of imidazole rings is 1. The maximum Gasteiger partial charge on any atom is 0.191 e. The molecule has 1 aromatic carbocycles. The molecule has 3 rings (SSSR count). The van der Waals surface area contributed by atoms with Gasteiger partial charge in [0.25, 0.3) is 0 Å². The molecular weight excluding hydrogens is 378 g/mol. The smallest absolute Gasteiger partial charge is 0.191 e. The average Bonchev–Trinajstić information content (AvgIpc) is 3.29. The number of rotatable bonds is 11. The van der Waals surface area contributed by atoms with Gasteiger partial charge in [0.2, 0.25) is 0 Å². The normalized spacial score (nSPS) is 15.3. The van der Waals surface area contributed by atoms with Gasteiger partial charge in [-0.2, -0.15) is 0 Å². The lowest BCUT2D eigenvalue weighted by Crippen LogP contribution is -2.38. The molecule has 1 aliphatic rings. The number of guanidine groups is 1. The Balaban J connectivity index is 1.35. The van der Waals surface area contributed by atoms with Crippen molar-refractivity contribution < 1.29 is 9.47 Å². The van der Waals surface area contributed by atoms with Crippen LogP contribution in [0.2, 0.25) is 0 Å². The van der Waals surface area contributed by atoms with Crippen molar-refractivity contribution in [3.8, 4) is 0 Å². The number of nitrogens with one attached hydrogen (secondary N) is 2. The van der Waals surface area contributed by atoms with Crippen LogP contribution in [0.3, 0.4) is 0 Å². The lowest BCUT2D eigenvalue weighted by atomic mass is 10.0. The molecule has 0 radical (unpaired) electrons. The fourth-order valence-electron chi connectivity index (χ4n) is 3.40. The lowest BCUT2D eigenvalue weighted by Gasteiger charge is -2.21. The second-order valence-electron chi connectivity index (χ2n) is 7.66. The summed E-state index contributed by atoms with van der Waals surface area (Å²) in [6.45, 7) is 8.66. The Kier molecular flexibility index (Phi) is 9.69. The zero-order valence-corrected chi connectivity index (χ0v) is 18.1. The van der Waals surface area contributed by atoms with Gasteiger partial charge in [-0.25, -0.2) is 9.98 Å². The molecule has 164 valence electrons. The van der Waals surface area contributed by atoms with E-state index in [1.807, 2.05) is 12.5 Å². The first-order valence-corrected chi connectivity index (χ1v) is 11.0. The number of nitrogens with zero attached hydrogens (tertiary/aromatic N) is 3. The van der Waals surface area contributed by atoms with Gasteiger partial charge < -0.3 is 24.7 Å². The minimum absolute atomic E-state index is 0.654. The van der Waals surface area contributed by atoms with Crippen LogP contribution in [0.1, 0.15) is 37.3 Å². The highest BCUT2D eigenvalue weighted by Crippen LogP contribution is 2.14. The summed E-state index contributed by atoms with van der Waals surface area (Å²) in [5, 5.41) is 6.71. The molecule has 0 amide bonds. The molecule has 7 nitrogen and oxygen atoms in total. The van der Waals surface area contributed by atoms with E-state index >= 15 is 0 Å². The van der Waals surface area contributed by atoms with E-state index in [9.17, 15) is 0 Å². The highest BCUT2D eigenvalue weighted by molar-refractivity contribution is 5.79. The van der Waals surface area contributed by atoms with E-state index in [0.717, 1.165) is 71.3 Å². The molecule has 0 aliphatic carbocycles. The Morgan fingerprint density at radius 3 is 2.73 bits per heavy atom. The standard InChI is InChI=1S/C23H35N5O2/c1-2-25-23(26-10-3-13-30-18-22-8-14-29-15-9-22)27-16-20-4-6-21(7-5-20)17-28-12-11-24-19-28/h4-7,11-12,19,22H,2-3,8-10,13-18H2,1H3,(H2,25,26,27). The minimum atomic E-state index is 0.654. The first kappa shape index (κ1) is 22.3. The number of hydrogen-bond donors (Lipinski definition) is 2. The Bertz CT molecular complexity index is 725. The van der Waals surface area contributed by atoms with Gasteiger partial charge in [-0.1, -0.05) is 24.3 Å². The molecule has 30 heavy (non-hydrogen) atoms. The monoisotopic (exact) mass is 413 g/mol. The summed E-state index contributed by atoms with van der Waals surface area (Å²) in [7, 11) is 0. The summed E-state index contributed by atoms with van der Waals surface area (Å²) in [6.07, 6.45) is 8.83. The van der Waals surface area contributed by atoms with Crippen LogP contribution in [-0.4, -0.2) is 55.0 Å². The van der Waals surface area contributed by atoms with Gasteiger partial charge in [-0.15, -0.1) is 0 Å². The summed E-state index contributed by atoms with van der Waals surface area (Å²) in [5.41, 5.74) is 2.45. The Morgan fingerprint density at radius 1 is 1.20 bits per heavy atom. The fraction of sp³-hybridized carbons (Fsp3) is 0.565. The van der Waals surface area contributed by atoms with Crippen LogP contribution >= 0.6 is 0 Å². The molecule has 2 aromatic rings. The lowest BCUT2D eigenvalue weighted by molar-refractivity contribution is 0.0203. The third kappa shape index (κ3) is 8.16. The molecule has 1 fully saturated rings. The van der Waals surface area contributed by atoms with E-state index in [0.29, 0.717) is 12.5 Å². The van der Waals surface area contributed by atoms with Gasteiger partial charge in [-0.3, -0.25) is 0 Å². The Labute approximate surface area is 179 Å². The fourth-order valence-corrected chi connectivity index (χ4v) is 3.40. The van der Waals surface area contributed by atoms with Crippen LogP contribution in [0.15, 0.2) is 48.0 Å². The number of aliphatic imine (C=N–C) groups is 1. The molecule has 1 aliphatic heterocycles. The second-order valence-corrected chi connectivity index (χ2v) is 7.66. The summed E-state index contributed by atoms with van der Waals surface area (Å²) in [5.74, 6) is 1.52. The van der Waals surface area contributed by atoms with E-state index in [4.69, 9.17) is 14.5 Å². The zero-order chi connectivity index (χ0) is 20.9. The molecule has 0 atom stereocenters. The number of aromatic nitrogens is 2. The minimum Gasteiger partial charge on any atom is -0.381 e. The van der Waals surface area contributed by atoms with Crippen LogP contribution in [0.5, 0.6) is 0 Å². The topological polar surface area (TPSA) is 72.7 Å². The molecule has 0 spiro atoms. The molecule has 1 saturated heterocycles. The van der Waals surface area contributed by atoms with E-state index < -0.39 is 0 Å². The van der Waals surface area contributed by atoms with Crippen molar-refractivity contribution in [1.82, 2.24) is 20.2 Å². The third-order valence-electron chi connectivity index (χ3n) is 5.16. The maximum absolute atomic E-state index is 5.83. The number of hydrogen-bond acceptors (Lipinski definition) is 4. The number of benzene rings is 1. The van der Waals surface area contributed by atoms with Crippen LogP contribution in [0.4, 0.5) is 0 Å². The van der Waals surface area contributed by atoms with Crippen molar-refractivity contribution in [3.05, 3.63) is 54.1 Å². The molecule has 0 unspecified atom stereocenters. The summed E-state index contributed by atoms with van der Waals surface area (Å²) < 4.78 is 13.3. The third-order valence-corrected chi connectivity index (χ3v) is 5.16. The largest absolute Gasteiger partial charge is 0.381 e. The Morgan fingerprint density at radius 2 is 2.00 bits per heavy atom. The van der Waals surface area contributed by atoms with Crippen molar-refractivity contribution in [2.75, 3.05) is 39.5 Å². The van der Waals surface area contributed by atoms with E-state index in [1.165, 1.54) is 11.1 Å². The van der Waals surface area contributed by atoms with Gasteiger partial charge in [0, 0.05) is 58.5 Å². The van der Waals surface area contributed by atoms with Gasteiger partial charge in [-0.05, 0) is 43.2 Å². The predicted molar refractivity (Wildman–Crippen MR) is 120 cm³/mol. The van der Waals surface area contributed by atoms with Crippen molar-refractivity contribution in [2.24, 2.45) is 10.9 Å². The summed E-state index contributed by atoms with van der Waals surface area (Å²) in [4.78, 5) is 8.79. The molecule has 2 heterocycles. The van der Waals surface area contributed by atoms with Gasteiger partial charge in [0.05, 0.1) is 12.9 Å². The van der Waals surface area contributed by atoms with Crippen molar-refractivity contribution >= 4 is 5.96 Å². The van der Waals surface area contributed by atoms with E-state index in [-0.39, 0.29) is 0 Å². The Hall–Kier alpha value is -2.38. The summed E-state index contributed by atoms with van der Waals surface area (Å²) >= 11 is 0. The zero-order valence-electron chi connectivity index (χ0n) is 18.1. The van der Waals surface area contributed by atoms with E-state index in [2.05, 4.69) is 51.4 Å². The van der Waals surface area contributed by atoms with Crippen LogP contribution in [-0.2, 0) is 22.6 Å². The highest BCUT2D eigenvalue weighted by Gasteiger charge is 2.13. The van der Waals surface area contributed by atoms with Crippen LogP contribution < -0.4 is 10.6 Å². The van der Waals surface area contributed by atoms with Gasteiger partial charge in [0.1, 0.15) is 0 Å². The van der Waals surface area contributed by atoms with Crippen LogP contribution in [0, 0.1) is 5.92 Å². The molecule has 2 N–H and O–H groups in total. The second kappa shape index (κ2) is 13.0. The molecular formula is C23H35N5O2. The number of ether oxygens (including phenoxy) is 2. The van der Waals surface area contributed by atoms with Crippen molar-refractivity contribution in [2.45, 2.75) is 39.3 Å². The molecule has 7 heteroatoms. The maximum atomic E-state index is 5.83. The van der Waals surface area contributed by atoms with Crippen molar-refractivity contribution in [1.29, 1.82) is 0 Å². The highest BCUT2D eigenvalue weighted by atomic mass is 16.5. The van der Waals surface area contributed by atoms with Crippen molar-refractivity contribution in [3.63, 3.8) is 0 Å². The van der Waals surface area contributed by atoms with E-state index in [1.54, 1.807) is 6.20 Å². The summed E-state index contributed by atoms with van der Waals surface area (Å²) in [6, 6.07) is 8.59. The van der Waals surface area contributed by atoms with Gasteiger partial charge >= 0.3 is 0 Å². The molecule has 0 bridgehead atoms. The average molecular weight is 414 g/mol. The van der Waals surface area contributed by atoms with Gasteiger partial charge in [0.15, 0.2) is 5.96 Å². The van der Waals surface area contributed by atoms with Crippen LogP contribution in [0.25, 0.3) is 0 Å². The first-order valence-electron chi connectivity index (χ1n) is 11.0. The SMILES string of the molecule is CCNC(=NCc1ccc(Cn2ccnc2)cc1)NCCCOCC1CCOCC1. The first-order chi connectivity index (χ1) is 14.8. The quantitative estimate of drug-likeness (QED) is 0.337. The molecule has 0 saturated carbocycles. The molecule has 1 aromatic heterocycles.